The third-order valence-corrected chi connectivity index (χ3v) is 5.66. The molecule has 0 spiro atoms. The van der Waals surface area contributed by atoms with Gasteiger partial charge in [0.15, 0.2) is 23.0 Å². The average Bonchev–Trinajstić information content (AvgIpc) is 3.22. The topological polar surface area (TPSA) is 49.0 Å². The fourth-order valence-corrected chi connectivity index (χ4v) is 3.86. The highest BCUT2D eigenvalue weighted by atomic mass is 79.9. The summed E-state index contributed by atoms with van der Waals surface area (Å²) < 4.78 is 23.6. The molecule has 1 aliphatic rings. The van der Waals surface area contributed by atoms with Gasteiger partial charge in [-0.25, -0.2) is 0 Å². The second kappa shape index (κ2) is 9.41. The first-order valence-corrected chi connectivity index (χ1v) is 10.6. The number of rotatable bonds is 8. The van der Waals surface area contributed by atoms with Gasteiger partial charge in [0.2, 0.25) is 6.79 Å². The Hall–Kier alpha value is -2.70. The Morgan fingerprint density at radius 2 is 1.83 bits per heavy atom. The summed E-state index contributed by atoms with van der Waals surface area (Å²) in [5.74, 6) is 3.04. The Morgan fingerprint density at radius 1 is 0.967 bits per heavy atom. The Labute approximate surface area is 185 Å². The molecule has 4 rings (SSSR count). The molecule has 0 aromatic heterocycles. The summed E-state index contributed by atoms with van der Waals surface area (Å²) >= 11 is 3.66. The van der Waals surface area contributed by atoms with E-state index in [0.717, 1.165) is 38.4 Å². The minimum absolute atomic E-state index is 0.282. The van der Waals surface area contributed by atoms with E-state index in [1.807, 2.05) is 36.4 Å². The number of aryl methyl sites for hydroxylation is 1. The van der Waals surface area contributed by atoms with Crippen LogP contribution >= 0.6 is 15.9 Å². The van der Waals surface area contributed by atoms with Crippen LogP contribution in [0.5, 0.6) is 23.0 Å². The van der Waals surface area contributed by atoms with Crippen LogP contribution in [0.2, 0.25) is 0 Å². The fraction of sp³-hybridized carbons (Fsp3) is 0.250. The lowest BCUT2D eigenvalue weighted by atomic mass is 10.1. The second-order valence-corrected chi connectivity index (χ2v) is 7.98. The largest absolute Gasteiger partial charge is 0.493 e. The number of halogens is 1. The first-order valence-electron chi connectivity index (χ1n) is 9.77. The van der Waals surface area contributed by atoms with E-state index < -0.39 is 0 Å². The number of benzene rings is 3. The predicted molar refractivity (Wildman–Crippen MR) is 119 cm³/mol. The van der Waals surface area contributed by atoms with Crippen LogP contribution in [0.4, 0.5) is 0 Å². The average molecular weight is 470 g/mol. The number of hydrogen-bond donors (Lipinski definition) is 1. The zero-order valence-corrected chi connectivity index (χ0v) is 18.6. The summed E-state index contributed by atoms with van der Waals surface area (Å²) in [7, 11) is 1.66. The molecule has 0 fully saturated rings. The minimum atomic E-state index is 0.282. The first kappa shape index (κ1) is 20.6. The molecule has 0 saturated heterocycles. The smallest absolute Gasteiger partial charge is 0.231 e. The van der Waals surface area contributed by atoms with Gasteiger partial charge in [-0.2, -0.15) is 0 Å². The molecule has 1 aliphatic heterocycles. The van der Waals surface area contributed by atoms with Gasteiger partial charge < -0.3 is 24.3 Å². The fourth-order valence-electron chi connectivity index (χ4n) is 3.41. The van der Waals surface area contributed by atoms with Crippen molar-refractivity contribution < 1.29 is 18.9 Å². The van der Waals surface area contributed by atoms with E-state index in [2.05, 4.69) is 46.4 Å². The lowest BCUT2D eigenvalue weighted by Gasteiger charge is -2.17. The monoisotopic (exact) mass is 469 g/mol. The van der Waals surface area contributed by atoms with E-state index in [1.54, 1.807) is 7.11 Å². The normalized spacial score (nSPS) is 12.1. The summed E-state index contributed by atoms with van der Waals surface area (Å²) in [6.45, 7) is 4.15. The lowest BCUT2D eigenvalue weighted by Crippen LogP contribution is -2.14. The van der Waals surface area contributed by atoms with Gasteiger partial charge in [0.25, 0.3) is 0 Å². The van der Waals surface area contributed by atoms with Crippen molar-refractivity contribution in [2.75, 3.05) is 13.9 Å². The van der Waals surface area contributed by atoms with Gasteiger partial charge in [0.05, 0.1) is 7.11 Å². The van der Waals surface area contributed by atoms with Crippen LogP contribution < -0.4 is 24.3 Å². The summed E-state index contributed by atoms with van der Waals surface area (Å²) in [6, 6.07) is 18.2. The summed E-state index contributed by atoms with van der Waals surface area (Å²) in [5.41, 5.74) is 4.47. The van der Waals surface area contributed by atoms with Gasteiger partial charge in [-0.1, -0.05) is 51.8 Å². The molecule has 0 aliphatic carbocycles. The maximum absolute atomic E-state index is 6.21. The van der Waals surface area contributed by atoms with E-state index in [1.165, 1.54) is 5.56 Å². The maximum Gasteiger partial charge on any atom is 0.231 e. The lowest BCUT2D eigenvalue weighted by molar-refractivity contribution is 0.174. The van der Waals surface area contributed by atoms with Crippen LogP contribution in [-0.2, 0) is 19.7 Å². The van der Waals surface area contributed by atoms with Gasteiger partial charge in [0.1, 0.15) is 6.61 Å². The highest BCUT2D eigenvalue weighted by molar-refractivity contribution is 9.10. The zero-order chi connectivity index (χ0) is 20.9. The molecular formula is C24H24BrNO4. The van der Waals surface area contributed by atoms with Gasteiger partial charge in [-0.15, -0.1) is 0 Å². The quantitative estimate of drug-likeness (QED) is 0.480. The Kier molecular flexibility index (Phi) is 6.45. The van der Waals surface area contributed by atoms with E-state index >= 15 is 0 Å². The molecule has 1 N–H and O–H groups in total. The van der Waals surface area contributed by atoms with Crippen LogP contribution in [0.15, 0.2) is 59.1 Å². The molecule has 0 bridgehead atoms. The molecule has 6 heteroatoms. The summed E-state index contributed by atoms with van der Waals surface area (Å²) in [4.78, 5) is 0. The second-order valence-electron chi connectivity index (χ2n) is 7.13. The summed E-state index contributed by atoms with van der Waals surface area (Å²) in [6.07, 6.45) is 0. The van der Waals surface area contributed by atoms with Gasteiger partial charge >= 0.3 is 0 Å². The molecule has 0 saturated carbocycles. The SMILES string of the molecule is COc1ccc(Br)c(CNCc2ccc3c(c2)OCO3)c1OCc1cccc(C)c1. The predicted octanol–water partition coefficient (Wildman–Crippen LogP) is 5.36. The standard InChI is InChI=1S/C24H24BrNO4/c1-16-4-3-5-18(10-16)14-28-24-19(20(25)7-9-22(24)27-2)13-26-12-17-6-8-21-23(11-17)30-15-29-21/h3-11,26H,12-15H2,1-2H3. The van der Waals surface area contributed by atoms with Crippen LogP contribution in [0.3, 0.4) is 0 Å². The van der Waals surface area contributed by atoms with E-state index in [4.69, 9.17) is 18.9 Å². The Balaban J connectivity index is 1.47. The molecule has 5 nitrogen and oxygen atoms in total. The van der Waals surface area contributed by atoms with Crippen LogP contribution in [0, 0.1) is 6.92 Å². The van der Waals surface area contributed by atoms with Gasteiger partial charge in [0, 0.05) is 23.1 Å². The summed E-state index contributed by atoms with van der Waals surface area (Å²) in [5, 5.41) is 3.49. The number of ether oxygens (including phenoxy) is 4. The molecule has 1 heterocycles. The molecule has 156 valence electrons. The van der Waals surface area contributed by atoms with Crippen LogP contribution in [-0.4, -0.2) is 13.9 Å². The third-order valence-electron chi connectivity index (χ3n) is 4.92. The van der Waals surface area contributed by atoms with Crippen molar-refractivity contribution in [1.29, 1.82) is 0 Å². The molecule has 30 heavy (non-hydrogen) atoms. The molecule has 0 amide bonds. The van der Waals surface area contributed by atoms with Crippen molar-refractivity contribution >= 4 is 15.9 Å². The Morgan fingerprint density at radius 3 is 2.67 bits per heavy atom. The van der Waals surface area contributed by atoms with Crippen molar-refractivity contribution in [3.63, 3.8) is 0 Å². The van der Waals surface area contributed by atoms with Crippen molar-refractivity contribution in [2.45, 2.75) is 26.6 Å². The minimum Gasteiger partial charge on any atom is -0.493 e. The van der Waals surface area contributed by atoms with Crippen molar-refractivity contribution in [3.8, 4) is 23.0 Å². The molecule has 0 atom stereocenters. The van der Waals surface area contributed by atoms with E-state index in [-0.39, 0.29) is 6.79 Å². The molecular weight excluding hydrogens is 446 g/mol. The third kappa shape index (κ3) is 4.71. The molecule has 0 unspecified atom stereocenters. The number of hydrogen-bond acceptors (Lipinski definition) is 5. The first-order chi connectivity index (χ1) is 14.6. The number of nitrogens with one attached hydrogen (secondary N) is 1. The molecule has 3 aromatic carbocycles. The number of methoxy groups -OCH3 is 1. The van der Waals surface area contributed by atoms with Gasteiger partial charge in [-0.3, -0.25) is 0 Å². The maximum atomic E-state index is 6.21. The van der Waals surface area contributed by atoms with Crippen LogP contribution in [0.1, 0.15) is 22.3 Å². The van der Waals surface area contributed by atoms with Gasteiger partial charge in [-0.05, 0) is 42.3 Å². The van der Waals surface area contributed by atoms with Crippen LogP contribution in [0.25, 0.3) is 0 Å². The Bertz CT molecular complexity index is 1040. The van der Waals surface area contributed by atoms with E-state index in [0.29, 0.717) is 25.4 Å². The molecule has 0 radical (unpaired) electrons. The van der Waals surface area contributed by atoms with Crippen molar-refractivity contribution in [2.24, 2.45) is 0 Å². The van der Waals surface area contributed by atoms with Crippen molar-refractivity contribution in [3.05, 3.63) is 81.3 Å². The molecule has 3 aromatic rings. The highest BCUT2D eigenvalue weighted by Crippen LogP contribution is 2.37. The number of fused-ring (bicyclic) bond motifs is 1. The van der Waals surface area contributed by atoms with E-state index in [9.17, 15) is 0 Å². The highest BCUT2D eigenvalue weighted by Gasteiger charge is 2.16. The zero-order valence-electron chi connectivity index (χ0n) is 17.0. The van der Waals surface area contributed by atoms with Crippen molar-refractivity contribution in [1.82, 2.24) is 5.32 Å².